The highest BCUT2D eigenvalue weighted by Gasteiger charge is 2.31. The first kappa shape index (κ1) is 50.0. The van der Waals surface area contributed by atoms with Crippen molar-refractivity contribution in [3.63, 3.8) is 0 Å². The van der Waals surface area contributed by atoms with Crippen LogP contribution >= 0.6 is 23.2 Å². The Bertz CT molecular complexity index is 1250. The van der Waals surface area contributed by atoms with Crippen LogP contribution in [0, 0.1) is 0 Å². The molecule has 0 aliphatic heterocycles. The molecule has 0 aliphatic carbocycles. The lowest BCUT2D eigenvalue weighted by atomic mass is 9.94. The molecule has 3 atom stereocenters. The normalized spacial score (nSPS) is 12.9. The van der Waals surface area contributed by atoms with Crippen LogP contribution in [0.3, 0.4) is 0 Å². The van der Waals surface area contributed by atoms with Crippen molar-refractivity contribution in [2.45, 2.75) is 91.3 Å². The van der Waals surface area contributed by atoms with Gasteiger partial charge in [0.1, 0.15) is 11.5 Å². The monoisotopic (exact) mass is 824 g/mol. The van der Waals surface area contributed by atoms with E-state index in [-0.39, 0.29) is 23.6 Å². The summed E-state index contributed by atoms with van der Waals surface area (Å²) in [5, 5.41) is 20.8. The number of halogens is 2. The maximum Gasteiger partial charge on any atom is 0.577 e. The lowest BCUT2D eigenvalue weighted by molar-refractivity contribution is 0.107. The Morgan fingerprint density at radius 1 is 0.611 bits per heavy atom. The topological polar surface area (TPSA) is 116 Å². The molecule has 0 bridgehead atoms. The van der Waals surface area contributed by atoms with Crippen molar-refractivity contribution in [1.82, 2.24) is 4.90 Å². The number of nitrogens with two attached hydrogens (primary N) is 1. The van der Waals surface area contributed by atoms with E-state index in [0.29, 0.717) is 63.2 Å². The molecule has 9 nitrogen and oxygen atoms in total. The molecule has 3 rings (SSSR count). The van der Waals surface area contributed by atoms with Crippen molar-refractivity contribution < 1.29 is 32.3 Å². The molecular formula is C41H66Cl2N2O7Si2. The van der Waals surface area contributed by atoms with Crippen LogP contribution in [0.4, 0.5) is 0 Å². The van der Waals surface area contributed by atoms with Crippen LogP contribution in [0.2, 0.25) is 0 Å². The van der Waals surface area contributed by atoms with Gasteiger partial charge in [0, 0.05) is 73.5 Å². The fourth-order valence-corrected chi connectivity index (χ4v) is 9.30. The van der Waals surface area contributed by atoms with Gasteiger partial charge in [-0.3, -0.25) is 4.90 Å². The third kappa shape index (κ3) is 18.8. The number of phenols is 2. The molecule has 0 aromatic heterocycles. The van der Waals surface area contributed by atoms with E-state index in [9.17, 15) is 10.2 Å². The fraction of sp³-hybridized carbons (Fsp3) is 0.561. The molecule has 2 radical (unpaired) electrons. The van der Waals surface area contributed by atoms with Gasteiger partial charge in [-0.1, -0.05) is 73.7 Å². The maximum absolute atomic E-state index is 10.4. The van der Waals surface area contributed by atoms with Crippen molar-refractivity contribution in [2.75, 3.05) is 57.9 Å². The van der Waals surface area contributed by atoms with Gasteiger partial charge in [-0.05, 0) is 97.5 Å². The summed E-state index contributed by atoms with van der Waals surface area (Å²) < 4.78 is 27.2. The van der Waals surface area contributed by atoms with E-state index < -0.39 is 18.8 Å². The second kappa shape index (κ2) is 32.1. The summed E-state index contributed by atoms with van der Waals surface area (Å²) in [6.07, 6.45) is 4.39. The number of benzene rings is 3. The molecule has 54 heavy (non-hydrogen) atoms. The van der Waals surface area contributed by atoms with E-state index in [2.05, 4.69) is 36.1 Å². The minimum Gasteiger partial charge on any atom is -0.508 e. The van der Waals surface area contributed by atoms with Crippen molar-refractivity contribution in [2.24, 2.45) is 5.73 Å². The first-order valence-electron chi connectivity index (χ1n) is 19.4. The van der Waals surface area contributed by atoms with Crippen molar-refractivity contribution in [3.05, 3.63) is 95.6 Å². The molecule has 0 aliphatic rings. The molecule has 0 heterocycles. The molecular weight excluding hydrogens is 760 g/mol. The molecule has 3 aromatic rings. The summed E-state index contributed by atoms with van der Waals surface area (Å²) in [5.74, 6) is 1.50. The second-order valence-electron chi connectivity index (χ2n) is 12.0. The van der Waals surface area contributed by atoms with Gasteiger partial charge in [-0.25, -0.2) is 0 Å². The Balaban J connectivity index is 0.000000451. The quantitative estimate of drug-likeness (QED) is 0.0568. The van der Waals surface area contributed by atoms with Crippen LogP contribution in [0.15, 0.2) is 78.9 Å². The van der Waals surface area contributed by atoms with Crippen molar-refractivity contribution in [3.8, 4) is 11.5 Å². The van der Waals surface area contributed by atoms with E-state index in [1.54, 1.807) is 12.1 Å². The van der Waals surface area contributed by atoms with Gasteiger partial charge < -0.3 is 38.1 Å². The van der Waals surface area contributed by atoms with Gasteiger partial charge in [0.2, 0.25) is 0 Å². The van der Waals surface area contributed by atoms with Crippen LogP contribution in [0.1, 0.15) is 108 Å². The largest absolute Gasteiger partial charge is 0.577 e. The predicted octanol–water partition coefficient (Wildman–Crippen LogP) is 9.54. The lowest BCUT2D eigenvalue weighted by Crippen LogP contribution is -2.34. The summed E-state index contributed by atoms with van der Waals surface area (Å²) in [4.78, 5) is 2.31. The van der Waals surface area contributed by atoms with Gasteiger partial charge >= 0.3 is 18.8 Å². The van der Waals surface area contributed by atoms with Crippen LogP contribution < -0.4 is 5.73 Å². The van der Waals surface area contributed by atoms with Gasteiger partial charge in [0.15, 0.2) is 0 Å². The highest BCUT2D eigenvalue weighted by atomic mass is 35.5. The van der Waals surface area contributed by atoms with E-state index in [1.165, 1.54) is 5.56 Å². The van der Waals surface area contributed by atoms with Crippen LogP contribution in [-0.2, 0) is 22.1 Å². The Hall–Kier alpha value is -2.01. The second-order valence-corrected chi connectivity index (χ2v) is 16.0. The third-order valence-electron chi connectivity index (χ3n) is 8.18. The number of phenolic OH excluding ortho intramolecular Hbond substituents is 2. The molecule has 13 heteroatoms. The van der Waals surface area contributed by atoms with Gasteiger partial charge in [0.25, 0.3) is 0 Å². The summed E-state index contributed by atoms with van der Waals surface area (Å²) in [6, 6.07) is 25.2. The number of hydrogen-bond acceptors (Lipinski definition) is 9. The van der Waals surface area contributed by atoms with Crippen molar-refractivity contribution in [1.29, 1.82) is 0 Å². The summed E-state index contributed by atoms with van der Waals surface area (Å²) in [6.45, 7) is 16.9. The fourth-order valence-electron chi connectivity index (χ4n) is 5.97. The lowest BCUT2D eigenvalue weighted by Gasteiger charge is -2.39. The minimum atomic E-state index is -1.40. The zero-order chi connectivity index (χ0) is 40.0. The summed E-state index contributed by atoms with van der Waals surface area (Å²) in [5.41, 5.74) is 9.02. The number of hydrogen-bond donors (Lipinski definition) is 3. The Kier molecular flexibility index (Phi) is 29.7. The van der Waals surface area contributed by atoms with E-state index in [0.717, 1.165) is 43.5 Å². The first-order chi connectivity index (χ1) is 26.3. The van der Waals surface area contributed by atoms with E-state index in [1.807, 2.05) is 77.1 Å². The highest BCUT2D eigenvalue weighted by Crippen LogP contribution is 2.40. The molecule has 0 saturated heterocycles. The number of rotatable bonds is 25. The number of para-hydroxylation sites is 2. The maximum atomic E-state index is 10.4. The van der Waals surface area contributed by atoms with Gasteiger partial charge in [0.05, 0.1) is 0 Å². The molecule has 0 amide bonds. The molecule has 304 valence electrons. The van der Waals surface area contributed by atoms with E-state index in [4.69, 9.17) is 51.1 Å². The molecule has 0 spiro atoms. The van der Waals surface area contributed by atoms with Crippen LogP contribution in [0.5, 0.6) is 11.5 Å². The third-order valence-corrected chi connectivity index (χ3v) is 12.5. The smallest absolute Gasteiger partial charge is 0.508 e. The standard InChI is InChI=1S/C21H27Cl2NO2.C14H24NO2Si.C6H15O3Si/c1-2-15-24(18(11-13-22)16-7-3-5-9-20(16)25)19(12-14-23)17-8-4-6-10-21(17)26;1-3-16-18(17-4-2)14(11-8-12-15)13-9-6-5-7-10-13;1-4-7-10(8-5-2)9-6-3/h3-10,18-19,25-26H,2,11-15H2,1H3;5-7,9-10,14H,3-4,8,11-12,15H2,1-2H3;4-6H2,1-3H3. The van der Waals surface area contributed by atoms with E-state index >= 15 is 0 Å². The summed E-state index contributed by atoms with van der Waals surface area (Å²) >= 11 is 12.2. The molecule has 3 aromatic carbocycles. The molecule has 0 saturated carbocycles. The molecule has 0 fully saturated rings. The van der Waals surface area contributed by atoms with Crippen molar-refractivity contribution >= 4 is 42.0 Å². The molecule has 3 unspecified atom stereocenters. The Morgan fingerprint density at radius 3 is 1.41 bits per heavy atom. The predicted molar refractivity (Wildman–Crippen MR) is 226 cm³/mol. The van der Waals surface area contributed by atoms with Gasteiger partial charge in [-0.2, -0.15) is 0 Å². The van der Waals surface area contributed by atoms with Gasteiger partial charge in [-0.15, -0.1) is 23.2 Å². The highest BCUT2D eigenvalue weighted by molar-refractivity contribution is 6.46. The Labute approximate surface area is 339 Å². The Morgan fingerprint density at radius 2 is 1.04 bits per heavy atom. The molecule has 4 N–H and O–H groups in total. The summed E-state index contributed by atoms with van der Waals surface area (Å²) in [7, 11) is -2.66. The average Bonchev–Trinajstić information content (AvgIpc) is 3.18. The zero-order valence-electron chi connectivity index (χ0n) is 33.4. The number of aromatic hydroxyl groups is 2. The zero-order valence-corrected chi connectivity index (χ0v) is 36.9. The average molecular weight is 826 g/mol. The SMILES string of the molecule is CCCN(C(CCCl)c1ccccc1O)C(CCCl)c1ccccc1O.CCO[Si](OCC)C(CCCN)c1ccccc1.CCO[Si](OCC)OCC. The van der Waals surface area contributed by atoms with Crippen LogP contribution in [0.25, 0.3) is 0 Å². The number of nitrogens with zero attached hydrogens (tertiary/aromatic N) is 1. The minimum absolute atomic E-state index is 0.0542. The first-order valence-corrected chi connectivity index (χ1v) is 23.1. The number of alkyl halides is 2. The van der Waals surface area contributed by atoms with Crippen LogP contribution in [-0.4, -0.2) is 91.8 Å².